The Morgan fingerprint density at radius 3 is 2.90 bits per heavy atom. The summed E-state index contributed by atoms with van der Waals surface area (Å²) < 4.78 is 16.3. The molecule has 0 unspecified atom stereocenters. The van der Waals surface area contributed by atoms with Crippen LogP contribution in [0.15, 0.2) is 35.4 Å². The van der Waals surface area contributed by atoms with Crippen LogP contribution in [0.1, 0.15) is 19.3 Å². The molecule has 2 bridgehead atoms. The first-order valence-electron chi connectivity index (χ1n) is 10.1. The minimum absolute atomic E-state index is 0.0903. The van der Waals surface area contributed by atoms with E-state index in [1.165, 1.54) is 10.6 Å². The van der Waals surface area contributed by atoms with E-state index in [2.05, 4.69) is 20.5 Å². The number of aromatic nitrogens is 4. The summed E-state index contributed by atoms with van der Waals surface area (Å²) in [7, 11) is 3.47. The number of nitrogens with one attached hydrogen (secondary N) is 1. The molecule has 0 amide bonds. The van der Waals surface area contributed by atoms with Gasteiger partial charge >= 0.3 is 0 Å². The van der Waals surface area contributed by atoms with Crippen molar-refractivity contribution in [1.29, 1.82) is 0 Å². The number of nitrogens with zero attached hydrogens (tertiary/aromatic N) is 5. The zero-order valence-electron chi connectivity index (χ0n) is 16.8. The Kier molecular flexibility index (Phi) is 4.43. The van der Waals surface area contributed by atoms with Gasteiger partial charge in [-0.25, -0.2) is 9.37 Å². The van der Waals surface area contributed by atoms with Crippen molar-refractivity contribution in [2.45, 2.75) is 43.6 Å². The van der Waals surface area contributed by atoms with E-state index < -0.39 is 6.17 Å². The third-order valence-corrected chi connectivity index (χ3v) is 6.40. The first-order chi connectivity index (χ1) is 14.4. The Balaban J connectivity index is 1.44. The van der Waals surface area contributed by atoms with E-state index in [-0.39, 0.29) is 29.2 Å². The van der Waals surface area contributed by atoms with Crippen LogP contribution in [-0.4, -0.2) is 56.2 Å². The second kappa shape index (κ2) is 7.02. The molecule has 156 valence electrons. The van der Waals surface area contributed by atoms with Gasteiger partial charge < -0.3 is 19.9 Å². The van der Waals surface area contributed by atoms with E-state index in [0.29, 0.717) is 28.2 Å². The second-order valence-corrected chi connectivity index (χ2v) is 8.23. The molecule has 8 nitrogen and oxygen atoms in total. The van der Waals surface area contributed by atoms with Crippen LogP contribution in [0.3, 0.4) is 0 Å². The maximum atomic E-state index is 14.8. The quantitative estimate of drug-likeness (QED) is 0.679. The standard InChI is InChI=1S/C21H23FN6O2/c1-27-6-5-11-7-14(17(29)9-13(11)21(27)30)20-23-10-18(25-26-20)28(2)16-8-12-3-4-15(24-12)19(16)22/h5-7,9-10,12,15-16,19,24,29H,3-4,8H2,1-2H3/t12-,15-,16+,19-/m0/s1. The molecule has 2 aromatic heterocycles. The molecule has 1 aromatic carbocycles. The van der Waals surface area contributed by atoms with Crippen LogP contribution in [0.4, 0.5) is 10.2 Å². The van der Waals surface area contributed by atoms with E-state index >= 15 is 0 Å². The van der Waals surface area contributed by atoms with Gasteiger partial charge in [-0.15, -0.1) is 10.2 Å². The van der Waals surface area contributed by atoms with Crippen LogP contribution in [-0.2, 0) is 7.05 Å². The first-order valence-corrected chi connectivity index (χ1v) is 10.1. The molecule has 0 spiro atoms. The van der Waals surface area contributed by atoms with Crippen LogP contribution in [0.2, 0.25) is 0 Å². The molecule has 0 saturated carbocycles. The Morgan fingerprint density at radius 2 is 2.13 bits per heavy atom. The largest absolute Gasteiger partial charge is 0.507 e. The smallest absolute Gasteiger partial charge is 0.258 e. The number of anilines is 1. The lowest BCUT2D eigenvalue weighted by atomic mass is 9.96. The summed E-state index contributed by atoms with van der Waals surface area (Å²) in [6, 6.07) is 4.87. The molecule has 4 heterocycles. The summed E-state index contributed by atoms with van der Waals surface area (Å²) in [5.74, 6) is 0.642. The van der Waals surface area contributed by atoms with Crippen molar-refractivity contribution in [2.24, 2.45) is 7.05 Å². The fourth-order valence-corrected chi connectivity index (χ4v) is 4.63. The normalized spacial score (nSPS) is 25.6. The summed E-state index contributed by atoms with van der Waals surface area (Å²) >= 11 is 0. The Morgan fingerprint density at radius 1 is 1.30 bits per heavy atom. The average Bonchev–Trinajstić information content (AvgIpc) is 3.17. The molecule has 4 atom stereocenters. The third kappa shape index (κ3) is 3.00. The minimum Gasteiger partial charge on any atom is -0.507 e. The summed E-state index contributed by atoms with van der Waals surface area (Å²) in [5, 5.41) is 23.3. The molecule has 2 saturated heterocycles. The van der Waals surface area contributed by atoms with Crippen molar-refractivity contribution >= 4 is 16.6 Å². The predicted molar refractivity (Wildman–Crippen MR) is 111 cm³/mol. The lowest BCUT2D eigenvalue weighted by Crippen LogP contribution is -2.55. The van der Waals surface area contributed by atoms with Gasteiger partial charge in [0.25, 0.3) is 5.56 Å². The predicted octanol–water partition coefficient (Wildman–Crippen LogP) is 1.76. The van der Waals surface area contributed by atoms with Gasteiger partial charge in [-0.05, 0) is 42.8 Å². The van der Waals surface area contributed by atoms with Gasteiger partial charge in [-0.3, -0.25) is 4.79 Å². The number of pyridine rings is 1. The molecule has 9 heteroatoms. The molecular weight excluding hydrogens is 387 g/mol. The summed E-state index contributed by atoms with van der Waals surface area (Å²) in [6.07, 6.45) is 4.83. The number of aryl methyl sites for hydroxylation is 1. The Labute approximate surface area is 172 Å². The number of rotatable bonds is 3. The number of halogens is 1. The highest BCUT2D eigenvalue weighted by atomic mass is 19.1. The fraction of sp³-hybridized carbons (Fsp3) is 0.429. The highest BCUT2D eigenvalue weighted by molar-refractivity contribution is 5.88. The molecule has 0 aliphatic carbocycles. The monoisotopic (exact) mass is 410 g/mol. The van der Waals surface area contributed by atoms with Crippen molar-refractivity contribution in [1.82, 2.24) is 25.1 Å². The zero-order chi connectivity index (χ0) is 21.0. The summed E-state index contributed by atoms with van der Waals surface area (Å²) in [4.78, 5) is 18.4. The maximum absolute atomic E-state index is 14.8. The molecule has 0 radical (unpaired) electrons. The van der Waals surface area contributed by atoms with Crippen LogP contribution in [0.25, 0.3) is 22.2 Å². The molecule has 2 N–H and O–H groups in total. The van der Waals surface area contributed by atoms with E-state index in [9.17, 15) is 14.3 Å². The topological polar surface area (TPSA) is 96.2 Å². The van der Waals surface area contributed by atoms with Gasteiger partial charge in [0.2, 0.25) is 0 Å². The SMILES string of the molecule is CN(c1cnc(-c2cc3ccn(C)c(=O)c3cc2O)nn1)[C@@H]1C[C@@H]2CC[C@H](N2)[C@@H]1F. The lowest BCUT2D eigenvalue weighted by molar-refractivity contribution is 0.176. The number of piperidine rings is 1. The molecule has 2 aliphatic heterocycles. The van der Waals surface area contributed by atoms with Crippen molar-refractivity contribution in [3.05, 3.63) is 40.9 Å². The van der Waals surface area contributed by atoms with Gasteiger partial charge in [0.1, 0.15) is 11.9 Å². The highest BCUT2D eigenvalue weighted by Crippen LogP contribution is 2.34. The molecular formula is C21H23FN6O2. The fourth-order valence-electron chi connectivity index (χ4n) is 4.63. The minimum atomic E-state index is -0.970. The molecule has 3 aromatic rings. The van der Waals surface area contributed by atoms with Crippen molar-refractivity contribution in [2.75, 3.05) is 11.9 Å². The number of phenols is 1. The van der Waals surface area contributed by atoms with Crippen LogP contribution < -0.4 is 15.8 Å². The molecule has 30 heavy (non-hydrogen) atoms. The van der Waals surface area contributed by atoms with E-state index in [0.717, 1.165) is 19.3 Å². The van der Waals surface area contributed by atoms with E-state index in [4.69, 9.17) is 0 Å². The molecule has 2 aliphatic rings. The first kappa shape index (κ1) is 18.9. The van der Waals surface area contributed by atoms with Crippen LogP contribution in [0.5, 0.6) is 5.75 Å². The van der Waals surface area contributed by atoms with Crippen molar-refractivity contribution in [3.63, 3.8) is 0 Å². The zero-order valence-corrected chi connectivity index (χ0v) is 16.8. The Bertz CT molecular complexity index is 1160. The number of hydrogen-bond donors (Lipinski definition) is 2. The molecule has 5 rings (SSSR count). The van der Waals surface area contributed by atoms with E-state index in [1.807, 2.05) is 11.9 Å². The van der Waals surface area contributed by atoms with Crippen molar-refractivity contribution in [3.8, 4) is 17.1 Å². The summed E-state index contributed by atoms with van der Waals surface area (Å²) in [5.41, 5.74) is 0.197. The number of benzene rings is 1. The van der Waals surface area contributed by atoms with E-state index in [1.54, 1.807) is 31.6 Å². The van der Waals surface area contributed by atoms with Gasteiger partial charge in [0.15, 0.2) is 11.6 Å². The number of fused-ring (bicyclic) bond motifs is 3. The average molecular weight is 410 g/mol. The summed E-state index contributed by atoms with van der Waals surface area (Å²) in [6.45, 7) is 0. The van der Waals surface area contributed by atoms with Crippen molar-refractivity contribution < 1.29 is 9.50 Å². The van der Waals surface area contributed by atoms with Gasteiger partial charge in [-0.2, -0.15) is 0 Å². The second-order valence-electron chi connectivity index (χ2n) is 8.23. The number of aromatic hydroxyl groups is 1. The highest BCUT2D eigenvalue weighted by Gasteiger charge is 2.43. The molecule has 2 fully saturated rings. The van der Waals surface area contributed by atoms with Gasteiger partial charge in [-0.1, -0.05) is 0 Å². The van der Waals surface area contributed by atoms with Gasteiger partial charge in [0.05, 0.1) is 23.2 Å². The van der Waals surface area contributed by atoms with Crippen LogP contribution >= 0.6 is 0 Å². The number of hydrogen-bond acceptors (Lipinski definition) is 7. The Hall–Kier alpha value is -3.07. The van der Waals surface area contributed by atoms with Crippen LogP contribution in [0, 0.1) is 0 Å². The number of alkyl halides is 1. The third-order valence-electron chi connectivity index (χ3n) is 6.40. The maximum Gasteiger partial charge on any atom is 0.258 e. The lowest BCUT2D eigenvalue weighted by Gasteiger charge is -2.38. The number of phenolic OH excluding ortho intramolecular Hbond substituents is 1. The van der Waals surface area contributed by atoms with Gasteiger partial charge in [0, 0.05) is 32.4 Å².